The molecule has 0 aromatic heterocycles. The number of nitrogens with two attached hydrogens (primary N) is 1. The quantitative estimate of drug-likeness (QED) is 0.490. The summed E-state index contributed by atoms with van der Waals surface area (Å²) in [6, 6.07) is 0.0762. The molecule has 1 aliphatic rings. The monoisotopic (exact) mass is 307 g/mol. The molecule has 0 amide bonds. The SMILES string of the molecule is CCC(C)(C(CCCS(C)(=O)=O)NN)N1CCOCC1. The Bertz CT molecular complexity index is 382. The van der Waals surface area contributed by atoms with Crippen LogP contribution in [-0.2, 0) is 14.6 Å². The van der Waals surface area contributed by atoms with E-state index in [0.717, 1.165) is 39.1 Å². The minimum absolute atomic E-state index is 0.0734. The second kappa shape index (κ2) is 7.70. The summed E-state index contributed by atoms with van der Waals surface area (Å²) in [6.07, 6.45) is 3.62. The first-order chi connectivity index (χ1) is 9.33. The molecule has 1 saturated heterocycles. The van der Waals surface area contributed by atoms with Gasteiger partial charge >= 0.3 is 0 Å². The van der Waals surface area contributed by atoms with E-state index in [4.69, 9.17) is 10.6 Å². The van der Waals surface area contributed by atoms with E-state index in [1.807, 2.05) is 0 Å². The molecule has 1 fully saturated rings. The van der Waals surface area contributed by atoms with Gasteiger partial charge in [-0.3, -0.25) is 16.2 Å². The van der Waals surface area contributed by atoms with Crippen LogP contribution in [0.2, 0.25) is 0 Å². The molecule has 0 radical (unpaired) electrons. The van der Waals surface area contributed by atoms with Gasteiger partial charge in [-0.2, -0.15) is 0 Å². The number of hydrogen-bond acceptors (Lipinski definition) is 6. The molecular formula is C13H29N3O3S. The molecule has 2 unspecified atom stereocenters. The van der Waals surface area contributed by atoms with Gasteiger partial charge in [0.25, 0.3) is 0 Å². The standard InChI is InChI=1S/C13H29N3O3S/c1-4-13(2,16-7-9-19-10-8-16)12(15-14)6-5-11-20(3,17)18/h12,15H,4-11,14H2,1-3H3. The molecular weight excluding hydrogens is 278 g/mol. The number of morpholine rings is 1. The molecule has 6 nitrogen and oxygen atoms in total. The van der Waals surface area contributed by atoms with Crippen molar-refractivity contribution in [2.24, 2.45) is 5.84 Å². The third kappa shape index (κ3) is 4.96. The predicted molar refractivity (Wildman–Crippen MR) is 81.1 cm³/mol. The van der Waals surface area contributed by atoms with E-state index in [0.29, 0.717) is 6.42 Å². The van der Waals surface area contributed by atoms with Gasteiger partial charge in [0.1, 0.15) is 9.84 Å². The maximum absolute atomic E-state index is 11.2. The first-order valence-electron chi connectivity index (χ1n) is 7.30. The van der Waals surface area contributed by atoms with E-state index in [2.05, 4.69) is 24.2 Å². The number of ether oxygens (including phenoxy) is 1. The zero-order valence-corrected chi connectivity index (χ0v) is 13.7. The number of nitrogens with one attached hydrogen (secondary N) is 1. The van der Waals surface area contributed by atoms with E-state index in [1.165, 1.54) is 6.26 Å². The Morgan fingerprint density at radius 2 is 2.00 bits per heavy atom. The van der Waals surface area contributed by atoms with Crippen molar-refractivity contribution in [3.05, 3.63) is 0 Å². The maximum atomic E-state index is 11.2. The molecule has 20 heavy (non-hydrogen) atoms. The first-order valence-corrected chi connectivity index (χ1v) is 9.36. The summed E-state index contributed by atoms with van der Waals surface area (Å²) in [5.74, 6) is 5.95. The summed E-state index contributed by atoms with van der Waals surface area (Å²) >= 11 is 0. The summed E-state index contributed by atoms with van der Waals surface area (Å²) in [6.45, 7) is 7.63. The molecule has 7 heteroatoms. The van der Waals surface area contributed by atoms with Crippen LogP contribution < -0.4 is 11.3 Å². The fraction of sp³-hybridized carbons (Fsp3) is 1.00. The highest BCUT2D eigenvalue weighted by Crippen LogP contribution is 2.27. The van der Waals surface area contributed by atoms with Crippen molar-refractivity contribution in [2.75, 3.05) is 38.3 Å². The van der Waals surface area contributed by atoms with Crippen molar-refractivity contribution in [3.63, 3.8) is 0 Å². The summed E-state index contributed by atoms with van der Waals surface area (Å²) < 4.78 is 27.9. The maximum Gasteiger partial charge on any atom is 0.147 e. The van der Waals surface area contributed by atoms with E-state index >= 15 is 0 Å². The van der Waals surface area contributed by atoms with Crippen molar-refractivity contribution < 1.29 is 13.2 Å². The van der Waals surface area contributed by atoms with Gasteiger partial charge in [-0.1, -0.05) is 6.92 Å². The lowest BCUT2D eigenvalue weighted by molar-refractivity contribution is -0.0335. The molecule has 0 spiro atoms. The highest BCUT2D eigenvalue weighted by atomic mass is 32.2. The van der Waals surface area contributed by atoms with Gasteiger partial charge < -0.3 is 4.74 Å². The van der Waals surface area contributed by atoms with Crippen LogP contribution in [0.15, 0.2) is 0 Å². The molecule has 2 atom stereocenters. The van der Waals surface area contributed by atoms with Crippen LogP contribution in [0.25, 0.3) is 0 Å². The topological polar surface area (TPSA) is 84.7 Å². The molecule has 1 aliphatic heterocycles. The third-order valence-corrected chi connectivity index (χ3v) is 5.44. The average molecular weight is 307 g/mol. The lowest BCUT2D eigenvalue weighted by Gasteiger charge is -2.47. The van der Waals surface area contributed by atoms with Crippen LogP contribution in [0.1, 0.15) is 33.1 Å². The van der Waals surface area contributed by atoms with Gasteiger partial charge in [-0.15, -0.1) is 0 Å². The zero-order valence-electron chi connectivity index (χ0n) is 12.9. The Balaban J connectivity index is 2.66. The van der Waals surface area contributed by atoms with Gasteiger partial charge in [0.15, 0.2) is 0 Å². The van der Waals surface area contributed by atoms with Gasteiger partial charge in [0.2, 0.25) is 0 Å². The molecule has 0 aliphatic carbocycles. The number of nitrogens with zero attached hydrogens (tertiary/aromatic N) is 1. The summed E-state index contributed by atoms with van der Waals surface area (Å²) in [4.78, 5) is 2.40. The molecule has 0 aromatic rings. The third-order valence-electron chi connectivity index (χ3n) is 4.41. The van der Waals surface area contributed by atoms with Crippen LogP contribution in [-0.4, -0.2) is 63.2 Å². The van der Waals surface area contributed by atoms with Crippen LogP contribution in [0.3, 0.4) is 0 Å². The predicted octanol–water partition coefficient (Wildman–Crippen LogP) is 0.144. The van der Waals surface area contributed by atoms with E-state index < -0.39 is 9.84 Å². The number of sulfone groups is 1. The fourth-order valence-electron chi connectivity index (χ4n) is 2.89. The Kier molecular flexibility index (Phi) is 6.87. The number of hydrazine groups is 1. The molecule has 1 heterocycles. The smallest absolute Gasteiger partial charge is 0.147 e. The van der Waals surface area contributed by atoms with Crippen molar-refractivity contribution in [1.29, 1.82) is 0 Å². The highest BCUT2D eigenvalue weighted by Gasteiger charge is 2.38. The van der Waals surface area contributed by atoms with Crippen LogP contribution in [0, 0.1) is 0 Å². The van der Waals surface area contributed by atoms with Crippen LogP contribution in [0.5, 0.6) is 0 Å². The van der Waals surface area contributed by atoms with Gasteiger partial charge in [-0.25, -0.2) is 8.42 Å². The second-order valence-electron chi connectivity index (χ2n) is 5.80. The Morgan fingerprint density at radius 3 is 2.45 bits per heavy atom. The van der Waals surface area contributed by atoms with Crippen molar-refractivity contribution in [2.45, 2.75) is 44.7 Å². The Hall–Kier alpha value is -0.210. The molecule has 0 bridgehead atoms. The molecule has 120 valence electrons. The van der Waals surface area contributed by atoms with Crippen LogP contribution >= 0.6 is 0 Å². The van der Waals surface area contributed by atoms with E-state index in [1.54, 1.807) is 0 Å². The average Bonchev–Trinajstić information content (AvgIpc) is 2.42. The molecule has 0 saturated carbocycles. The van der Waals surface area contributed by atoms with E-state index in [-0.39, 0.29) is 17.3 Å². The van der Waals surface area contributed by atoms with E-state index in [9.17, 15) is 8.42 Å². The van der Waals surface area contributed by atoms with Gasteiger partial charge in [-0.05, 0) is 26.2 Å². The molecule has 0 aromatic carbocycles. The van der Waals surface area contributed by atoms with Gasteiger partial charge in [0, 0.05) is 36.7 Å². The number of hydrogen-bond donors (Lipinski definition) is 2. The van der Waals surface area contributed by atoms with Crippen molar-refractivity contribution in [3.8, 4) is 0 Å². The van der Waals surface area contributed by atoms with Crippen LogP contribution in [0.4, 0.5) is 0 Å². The summed E-state index contributed by atoms with van der Waals surface area (Å²) in [7, 11) is -2.91. The Morgan fingerprint density at radius 1 is 1.40 bits per heavy atom. The lowest BCUT2D eigenvalue weighted by Crippen LogP contribution is -2.63. The number of rotatable bonds is 8. The normalized spacial score (nSPS) is 22.4. The molecule has 1 rings (SSSR count). The minimum Gasteiger partial charge on any atom is -0.379 e. The van der Waals surface area contributed by atoms with Crippen molar-refractivity contribution >= 4 is 9.84 Å². The first kappa shape index (κ1) is 17.8. The summed E-state index contributed by atoms with van der Waals surface area (Å²) in [5.41, 5.74) is 2.83. The zero-order chi connectivity index (χ0) is 15.2. The minimum atomic E-state index is -2.91. The largest absolute Gasteiger partial charge is 0.379 e. The lowest BCUT2D eigenvalue weighted by atomic mass is 9.84. The van der Waals surface area contributed by atoms with Crippen molar-refractivity contribution in [1.82, 2.24) is 10.3 Å². The molecule has 3 N–H and O–H groups in total. The Labute approximate surface area is 122 Å². The second-order valence-corrected chi connectivity index (χ2v) is 8.06. The highest BCUT2D eigenvalue weighted by molar-refractivity contribution is 7.90. The van der Waals surface area contributed by atoms with Gasteiger partial charge in [0.05, 0.1) is 13.2 Å². The fourth-order valence-corrected chi connectivity index (χ4v) is 3.58. The summed E-state index contributed by atoms with van der Waals surface area (Å²) in [5, 5.41) is 0.